The predicted octanol–water partition coefficient (Wildman–Crippen LogP) is 1.72. The van der Waals surface area contributed by atoms with Gasteiger partial charge in [-0.05, 0) is 20.2 Å². The summed E-state index contributed by atoms with van der Waals surface area (Å²) in [6.07, 6.45) is 5.86. The fraction of sp³-hybridized carbons (Fsp3) is 0.529. The molecule has 2 aromatic rings. The number of halogens is 1. The van der Waals surface area contributed by atoms with Gasteiger partial charge in [-0.1, -0.05) is 11.6 Å². The SMILES string of the molecule is CN=C(NCC(c1cnn(C)c1)N(C)C)N(C)Cc1cc(Cl)cn1C. The van der Waals surface area contributed by atoms with Crippen molar-refractivity contribution >= 4 is 17.6 Å². The average molecular weight is 366 g/mol. The quantitative estimate of drug-likeness (QED) is 0.625. The van der Waals surface area contributed by atoms with Crippen LogP contribution in [-0.4, -0.2) is 64.8 Å². The molecule has 7 nitrogen and oxygen atoms in total. The van der Waals surface area contributed by atoms with Gasteiger partial charge in [-0.2, -0.15) is 5.10 Å². The lowest BCUT2D eigenvalue weighted by molar-refractivity contribution is 0.295. The summed E-state index contributed by atoms with van der Waals surface area (Å²) in [5.74, 6) is 0.841. The first-order valence-electron chi connectivity index (χ1n) is 8.19. The maximum atomic E-state index is 6.07. The second kappa shape index (κ2) is 8.40. The van der Waals surface area contributed by atoms with E-state index in [0.29, 0.717) is 0 Å². The van der Waals surface area contributed by atoms with E-state index in [1.807, 2.05) is 55.0 Å². The Hall–Kier alpha value is -1.99. The van der Waals surface area contributed by atoms with Crippen molar-refractivity contribution in [2.24, 2.45) is 19.1 Å². The summed E-state index contributed by atoms with van der Waals surface area (Å²) >= 11 is 6.07. The molecule has 2 aromatic heterocycles. The van der Waals surface area contributed by atoms with Gasteiger partial charge in [-0.25, -0.2) is 0 Å². The molecule has 0 aliphatic carbocycles. The Morgan fingerprint density at radius 1 is 1.32 bits per heavy atom. The average Bonchev–Trinajstić information content (AvgIpc) is 3.09. The second-order valence-corrected chi connectivity index (χ2v) is 6.91. The summed E-state index contributed by atoms with van der Waals surface area (Å²) in [5, 5.41) is 8.48. The van der Waals surface area contributed by atoms with Gasteiger partial charge in [0.25, 0.3) is 0 Å². The fourth-order valence-electron chi connectivity index (χ4n) is 2.82. The summed E-state index contributed by atoms with van der Waals surface area (Å²) in [4.78, 5) is 8.66. The first kappa shape index (κ1) is 19.3. The Labute approximate surface area is 154 Å². The van der Waals surface area contributed by atoms with E-state index >= 15 is 0 Å². The topological polar surface area (TPSA) is 53.6 Å². The van der Waals surface area contributed by atoms with Gasteiger partial charge < -0.3 is 19.7 Å². The van der Waals surface area contributed by atoms with E-state index in [2.05, 4.69) is 39.3 Å². The van der Waals surface area contributed by atoms with Crippen molar-refractivity contribution < 1.29 is 0 Å². The van der Waals surface area contributed by atoms with Crippen LogP contribution in [0.2, 0.25) is 5.02 Å². The number of aryl methyl sites for hydroxylation is 2. The van der Waals surface area contributed by atoms with E-state index in [1.165, 1.54) is 5.56 Å². The molecule has 1 unspecified atom stereocenters. The number of nitrogens with zero attached hydrogens (tertiary/aromatic N) is 6. The zero-order valence-corrected chi connectivity index (χ0v) is 16.6. The highest BCUT2D eigenvalue weighted by atomic mass is 35.5. The third kappa shape index (κ3) is 4.99. The normalized spacial score (nSPS) is 13.4. The molecule has 2 heterocycles. The van der Waals surface area contributed by atoms with E-state index in [-0.39, 0.29) is 6.04 Å². The van der Waals surface area contributed by atoms with Crippen LogP contribution in [0.3, 0.4) is 0 Å². The molecule has 0 bridgehead atoms. The highest BCUT2D eigenvalue weighted by Crippen LogP contribution is 2.17. The van der Waals surface area contributed by atoms with Crippen molar-refractivity contribution in [1.29, 1.82) is 0 Å². The summed E-state index contributed by atoms with van der Waals surface area (Å²) in [6.45, 7) is 1.46. The summed E-state index contributed by atoms with van der Waals surface area (Å²) in [7, 11) is 11.9. The third-order valence-electron chi connectivity index (χ3n) is 4.23. The van der Waals surface area contributed by atoms with E-state index in [0.717, 1.165) is 29.8 Å². The van der Waals surface area contributed by atoms with E-state index in [9.17, 15) is 0 Å². The molecule has 8 heteroatoms. The molecular formula is C17H28ClN7. The lowest BCUT2D eigenvalue weighted by Crippen LogP contribution is -2.42. The zero-order chi connectivity index (χ0) is 18.6. The lowest BCUT2D eigenvalue weighted by Gasteiger charge is -2.27. The van der Waals surface area contributed by atoms with Crippen LogP contribution in [0.1, 0.15) is 17.3 Å². The summed E-state index contributed by atoms with van der Waals surface area (Å²) < 4.78 is 3.86. The first-order valence-corrected chi connectivity index (χ1v) is 8.57. The van der Waals surface area contributed by atoms with Gasteiger partial charge in [-0.3, -0.25) is 9.67 Å². The zero-order valence-electron chi connectivity index (χ0n) is 15.9. The first-order chi connectivity index (χ1) is 11.8. The van der Waals surface area contributed by atoms with E-state index in [1.54, 1.807) is 7.05 Å². The van der Waals surface area contributed by atoms with Gasteiger partial charge in [0, 0.05) is 58.4 Å². The Kier molecular flexibility index (Phi) is 6.50. The predicted molar refractivity (Wildman–Crippen MR) is 103 cm³/mol. The highest BCUT2D eigenvalue weighted by Gasteiger charge is 2.17. The van der Waals surface area contributed by atoms with Crippen molar-refractivity contribution in [3.8, 4) is 0 Å². The third-order valence-corrected chi connectivity index (χ3v) is 4.44. The minimum Gasteiger partial charge on any atom is -0.354 e. The number of hydrogen-bond donors (Lipinski definition) is 1. The van der Waals surface area contributed by atoms with Gasteiger partial charge in [0.2, 0.25) is 0 Å². The van der Waals surface area contributed by atoms with Gasteiger partial charge in [0.15, 0.2) is 5.96 Å². The molecule has 0 saturated carbocycles. The molecule has 0 amide bonds. The van der Waals surface area contributed by atoms with Crippen molar-refractivity contribution in [2.75, 3.05) is 34.7 Å². The number of aromatic nitrogens is 3. The number of nitrogens with one attached hydrogen (secondary N) is 1. The van der Waals surface area contributed by atoms with Crippen LogP contribution in [0.25, 0.3) is 0 Å². The van der Waals surface area contributed by atoms with Crippen LogP contribution in [0.5, 0.6) is 0 Å². The standard InChI is InChI=1S/C17H28ClN7/c1-19-17(24(5)12-15-7-14(18)11-23(15)4)20-9-16(22(2)3)13-8-21-25(6)10-13/h7-8,10-11,16H,9,12H2,1-6H3,(H,19,20). The molecule has 0 fully saturated rings. The molecule has 0 aromatic carbocycles. The van der Waals surface area contributed by atoms with Gasteiger partial charge in [0.1, 0.15) is 0 Å². The van der Waals surface area contributed by atoms with Gasteiger partial charge in [0.05, 0.1) is 23.8 Å². The Morgan fingerprint density at radius 3 is 2.52 bits per heavy atom. The molecule has 138 valence electrons. The van der Waals surface area contributed by atoms with E-state index in [4.69, 9.17) is 11.6 Å². The number of hydrogen-bond acceptors (Lipinski definition) is 3. The Balaban J connectivity index is 2.01. The minimum absolute atomic E-state index is 0.211. The van der Waals surface area contributed by atoms with Crippen LogP contribution in [0, 0.1) is 0 Å². The molecule has 1 N–H and O–H groups in total. The van der Waals surface area contributed by atoms with Crippen molar-refractivity contribution in [3.63, 3.8) is 0 Å². The molecule has 0 aliphatic heterocycles. The lowest BCUT2D eigenvalue weighted by atomic mass is 10.1. The molecule has 25 heavy (non-hydrogen) atoms. The van der Waals surface area contributed by atoms with Crippen LogP contribution in [0.15, 0.2) is 29.6 Å². The monoisotopic (exact) mass is 365 g/mol. The molecule has 0 saturated heterocycles. The molecule has 2 rings (SSSR count). The fourth-order valence-corrected chi connectivity index (χ4v) is 3.10. The van der Waals surface area contributed by atoms with E-state index < -0.39 is 0 Å². The van der Waals surface area contributed by atoms with Crippen molar-refractivity contribution in [2.45, 2.75) is 12.6 Å². The highest BCUT2D eigenvalue weighted by molar-refractivity contribution is 6.30. The minimum atomic E-state index is 0.211. The second-order valence-electron chi connectivity index (χ2n) is 6.47. The smallest absolute Gasteiger partial charge is 0.193 e. The number of guanidine groups is 1. The largest absolute Gasteiger partial charge is 0.354 e. The van der Waals surface area contributed by atoms with Gasteiger partial charge in [-0.15, -0.1) is 0 Å². The van der Waals surface area contributed by atoms with Crippen LogP contribution in [0.4, 0.5) is 0 Å². The number of aliphatic imine (C=N–C) groups is 1. The summed E-state index contributed by atoms with van der Waals surface area (Å²) in [6, 6.07) is 2.19. The van der Waals surface area contributed by atoms with Crippen LogP contribution in [-0.2, 0) is 20.6 Å². The molecule has 0 spiro atoms. The van der Waals surface area contributed by atoms with Gasteiger partial charge >= 0.3 is 0 Å². The molecule has 0 aliphatic rings. The number of likely N-dealkylation sites (N-methyl/N-ethyl adjacent to an activating group) is 1. The van der Waals surface area contributed by atoms with Crippen LogP contribution >= 0.6 is 11.6 Å². The molecular weight excluding hydrogens is 338 g/mol. The van der Waals surface area contributed by atoms with Crippen molar-refractivity contribution in [1.82, 2.24) is 29.5 Å². The molecule has 1 atom stereocenters. The molecule has 0 radical (unpaired) electrons. The summed E-state index contributed by atoms with van der Waals surface area (Å²) in [5.41, 5.74) is 2.30. The maximum Gasteiger partial charge on any atom is 0.193 e. The van der Waals surface area contributed by atoms with Crippen molar-refractivity contribution in [3.05, 3.63) is 40.9 Å². The van der Waals surface area contributed by atoms with Crippen LogP contribution < -0.4 is 5.32 Å². The Morgan fingerprint density at radius 2 is 2.04 bits per heavy atom. The number of rotatable bonds is 6. The maximum absolute atomic E-state index is 6.07. The Bertz CT molecular complexity index is 716.